The number of fused-ring (bicyclic) bond motifs is 1. The summed E-state index contributed by atoms with van der Waals surface area (Å²) >= 11 is 0. The number of hydrogen-bond acceptors (Lipinski definition) is 5. The molecule has 0 unspecified atom stereocenters. The molecule has 4 aromatic rings. The largest absolute Gasteiger partial charge is 0.479 e. The highest BCUT2D eigenvalue weighted by Crippen LogP contribution is 2.24. The van der Waals surface area contributed by atoms with E-state index in [4.69, 9.17) is 4.74 Å². The SMILES string of the molecule is COc1ncccc1-n1c(Nc2ccccc2)nc2ccc(F)cc2c1=O. The van der Waals surface area contributed by atoms with Gasteiger partial charge in [0.05, 0.1) is 18.0 Å². The Bertz CT molecular complexity index is 1180. The quantitative estimate of drug-likeness (QED) is 0.600. The summed E-state index contributed by atoms with van der Waals surface area (Å²) in [6, 6.07) is 16.6. The van der Waals surface area contributed by atoms with Crippen molar-refractivity contribution >= 4 is 22.5 Å². The molecule has 0 radical (unpaired) electrons. The topological polar surface area (TPSA) is 69.0 Å². The molecule has 0 atom stereocenters. The van der Waals surface area contributed by atoms with Gasteiger partial charge in [-0.25, -0.2) is 18.9 Å². The molecule has 2 heterocycles. The second-order valence-electron chi connectivity index (χ2n) is 5.76. The van der Waals surface area contributed by atoms with Gasteiger partial charge in [0.15, 0.2) is 0 Å². The third kappa shape index (κ3) is 3.10. The first-order valence-electron chi connectivity index (χ1n) is 8.21. The van der Waals surface area contributed by atoms with Gasteiger partial charge in [0, 0.05) is 11.9 Å². The summed E-state index contributed by atoms with van der Waals surface area (Å²) in [6.45, 7) is 0. The van der Waals surface area contributed by atoms with Crippen molar-refractivity contribution in [2.24, 2.45) is 0 Å². The summed E-state index contributed by atoms with van der Waals surface area (Å²) in [7, 11) is 1.47. The maximum Gasteiger partial charge on any atom is 0.267 e. The number of hydrogen-bond donors (Lipinski definition) is 1. The zero-order valence-electron chi connectivity index (χ0n) is 14.4. The van der Waals surface area contributed by atoms with E-state index in [0.717, 1.165) is 5.69 Å². The number of anilines is 2. The van der Waals surface area contributed by atoms with Gasteiger partial charge in [-0.1, -0.05) is 18.2 Å². The summed E-state index contributed by atoms with van der Waals surface area (Å²) in [4.78, 5) is 21.9. The normalized spacial score (nSPS) is 10.7. The molecule has 7 heteroatoms. The van der Waals surface area contributed by atoms with Crippen molar-refractivity contribution in [2.45, 2.75) is 0 Å². The van der Waals surface area contributed by atoms with Crippen molar-refractivity contribution in [3.8, 4) is 11.6 Å². The van der Waals surface area contributed by atoms with E-state index in [9.17, 15) is 9.18 Å². The predicted octanol–water partition coefficient (Wildman–Crippen LogP) is 3.67. The van der Waals surface area contributed by atoms with Gasteiger partial charge in [-0.05, 0) is 42.5 Å². The number of methoxy groups -OCH3 is 1. The number of aromatic nitrogens is 3. The van der Waals surface area contributed by atoms with Crippen LogP contribution in [0.2, 0.25) is 0 Å². The van der Waals surface area contributed by atoms with Crippen molar-refractivity contribution in [3.05, 3.63) is 83.0 Å². The summed E-state index contributed by atoms with van der Waals surface area (Å²) in [5.41, 5.74) is 1.12. The van der Waals surface area contributed by atoms with Gasteiger partial charge in [-0.15, -0.1) is 0 Å². The van der Waals surface area contributed by atoms with Crippen molar-refractivity contribution in [1.29, 1.82) is 0 Å². The molecular weight excluding hydrogens is 347 g/mol. The third-order valence-electron chi connectivity index (χ3n) is 4.05. The number of rotatable bonds is 4. The lowest BCUT2D eigenvalue weighted by atomic mass is 10.2. The standard InChI is InChI=1S/C20H15FN4O2/c1-27-18-17(8-5-11-22-18)25-19(26)15-12-13(21)9-10-16(15)24-20(25)23-14-6-3-2-4-7-14/h2-12H,1H3,(H,23,24). The van der Waals surface area contributed by atoms with E-state index < -0.39 is 11.4 Å². The molecule has 134 valence electrons. The van der Waals surface area contributed by atoms with Crippen molar-refractivity contribution in [2.75, 3.05) is 12.4 Å². The number of para-hydroxylation sites is 1. The Morgan fingerprint density at radius 3 is 2.67 bits per heavy atom. The maximum atomic E-state index is 13.7. The summed E-state index contributed by atoms with van der Waals surface area (Å²) < 4.78 is 20.3. The lowest BCUT2D eigenvalue weighted by molar-refractivity contribution is 0.395. The number of halogens is 1. The van der Waals surface area contributed by atoms with Crippen LogP contribution in [0.4, 0.5) is 16.0 Å². The Morgan fingerprint density at radius 2 is 1.89 bits per heavy atom. The first kappa shape index (κ1) is 16.7. The lowest BCUT2D eigenvalue weighted by Gasteiger charge is -2.16. The van der Waals surface area contributed by atoms with E-state index in [0.29, 0.717) is 11.2 Å². The molecule has 0 fully saturated rings. The van der Waals surface area contributed by atoms with Crippen LogP contribution in [0.25, 0.3) is 16.6 Å². The van der Waals surface area contributed by atoms with Crippen LogP contribution in [0, 0.1) is 5.82 Å². The molecule has 0 aliphatic rings. The summed E-state index contributed by atoms with van der Waals surface area (Å²) in [6.07, 6.45) is 1.56. The van der Waals surface area contributed by atoms with Crippen LogP contribution >= 0.6 is 0 Å². The van der Waals surface area contributed by atoms with E-state index in [1.54, 1.807) is 18.3 Å². The first-order valence-corrected chi connectivity index (χ1v) is 8.21. The van der Waals surface area contributed by atoms with Crippen LogP contribution in [-0.2, 0) is 0 Å². The highest BCUT2D eigenvalue weighted by atomic mass is 19.1. The van der Waals surface area contributed by atoms with Crippen LogP contribution in [0.3, 0.4) is 0 Å². The molecule has 0 aliphatic carbocycles. The van der Waals surface area contributed by atoms with Crippen LogP contribution < -0.4 is 15.6 Å². The molecule has 1 N–H and O–H groups in total. The number of pyridine rings is 1. The number of benzene rings is 2. The minimum Gasteiger partial charge on any atom is -0.479 e. The first-order chi connectivity index (χ1) is 13.2. The molecule has 0 spiro atoms. The second kappa shape index (κ2) is 6.87. The molecule has 2 aromatic carbocycles. The average Bonchev–Trinajstić information content (AvgIpc) is 2.70. The molecule has 0 aliphatic heterocycles. The van der Waals surface area contributed by atoms with Gasteiger partial charge >= 0.3 is 0 Å². The predicted molar refractivity (Wildman–Crippen MR) is 101 cm³/mol. The molecule has 6 nitrogen and oxygen atoms in total. The van der Waals surface area contributed by atoms with Crippen LogP contribution in [-0.4, -0.2) is 21.6 Å². The van der Waals surface area contributed by atoms with Gasteiger partial charge < -0.3 is 10.1 Å². The molecule has 0 bridgehead atoms. The van der Waals surface area contributed by atoms with Crippen LogP contribution in [0.15, 0.2) is 71.7 Å². The fourth-order valence-corrected chi connectivity index (χ4v) is 2.83. The molecule has 27 heavy (non-hydrogen) atoms. The Kier molecular flexibility index (Phi) is 4.25. The highest BCUT2D eigenvalue weighted by molar-refractivity contribution is 5.80. The Labute approximate surface area is 153 Å². The fraction of sp³-hybridized carbons (Fsp3) is 0.0500. The van der Waals surface area contributed by atoms with E-state index >= 15 is 0 Å². The number of ether oxygens (including phenoxy) is 1. The molecule has 2 aromatic heterocycles. The summed E-state index contributed by atoms with van der Waals surface area (Å²) in [5, 5.41) is 3.31. The van der Waals surface area contributed by atoms with Crippen molar-refractivity contribution in [3.63, 3.8) is 0 Å². The Balaban J connectivity index is 2.03. The molecule has 0 amide bonds. The highest BCUT2D eigenvalue weighted by Gasteiger charge is 2.17. The minimum absolute atomic E-state index is 0.166. The average molecular weight is 362 g/mol. The van der Waals surface area contributed by atoms with Crippen LogP contribution in [0.1, 0.15) is 0 Å². The fourth-order valence-electron chi connectivity index (χ4n) is 2.83. The lowest BCUT2D eigenvalue weighted by Crippen LogP contribution is -2.23. The van der Waals surface area contributed by atoms with E-state index in [1.807, 2.05) is 30.3 Å². The van der Waals surface area contributed by atoms with Crippen molar-refractivity contribution < 1.29 is 9.13 Å². The van der Waals surface area contributed by atoms with E-state index in [2.05, 4.69) is 15.3 Å². The van der Waals surface area contributed by atoms with Crippen molar-refractivity contribution in [1.82, 2.24) is 14.5 Å². The monoisotopic (exact) mass is 362 g/mol. The Hall–Kier alpha value is -3.74. The molecule has 0 saturated carbocycles. The maximum absolute atomic E-state index is 13.7. The number of nitrogens with one attached hydrogen (secondary N) is 1. The third-order valence-corrected chi connectivity index (χ3v) is 4.05. The summed E-state index contributed by atoms with van der Waals surface area (Å²) in [5.74, 6) is 0.0275. The van der Waals surface area contributed by atoms with Gasteiger partial charge in [0.2, 0.25) is 11.8 Å². The Morgan fingerprint density at radius 1 is 1.07 bits per heavy atom. The minimum atomic E-state index is -0.505. The van der Waals surface area contributed by atoms with Gasteiger partial charge in [0.1, 0.15) is 11.5 Å². The molecule has 0 saturated heterocycles. The van der Waals surface area contributed by atoms with Gasteiger partial charge in [-0.3, -0.25) is 4.79 Å². The zero-order valence-corrected chi connectivity index (χ0v) is 14.4. The smallest absolute Gasteiger partial charge is 0.267 e. The van der Waals surface area contributed by atoms with Gasteiger partial charge in [0.25, 0.3) is 5.56 Å². The molecule has 4 rings (SSSR count). The van der Waals surface area contributed by atoms with E-state index in [1.165, 1.54) is 29.9 Å². The van der Waals surface area contributed by atoms with E-state index in [-0.39, 0.29) is 17.2 Å². The van der Waals surface area contributed by atoms with Crippen LogP contribution in [0.5, 0.6) is 5.88 Å². The zero-order chi connectivity index (χ0) is 18.8. The number of nitrogens with zero attached hydrogens (tertiary/aromatic N) is 3. The second-order valence-corrected chi connectivity index (χ2v) is 5.76. The molecular formula is C20H15FN4O2. The van der Waals surface area contributed by atoms with Gasteiger partial charge in [-0.2, -0.15) is 0 Å².